The van der Waals surface area contributed by atoms with E-state index in [4.69, 9.17) is 4.74 Å². The normalized spacial score (nSPS) is 18.1. The Morgan fingerprint density at radius 1 is 1.12 bits per heavy atom. The van der Waals surface area contributed by atoms with Crippen LogP contribution in [0.2, 0.25) is 0 Å². The monoisotopic (exact) mass is 438 g/mol. The van der Waals surface area contributed by atoms with Gasteiger partial charge in [-0.1, -0.05) is 18.2 Å². The van der Waals surface area contributed by atoms with Gasteiger partial charge in [-0.15, -0.1) is 0 Å². The van der Waals surface area contributed by atoms with Gasteiger partial charge in [-0.05, 0) is 42.0 Å². The number of aromatic amines is 1. The van der Waals surface area contributed by atoms with E-state index in [9.17, 15) is 18.0 Å². The molecule has 0 bridgehead atoms. The number of carbonyl (C=O) groups excluding carboxylic acids is 1. The Kier molecular flexibility index (Phi) is 4.61. The Labute approximate surface area is 180 Å². The van der Waals surface area contributed by atoms with E-state index in [1.165, 1.54) is 12.1 Å². The molecule has 0 saturated heterocycles. The van der Waals surface area contributed by atoms with Crippen molar-refractivity contribution in [3.05, 3.63) is 89.4 Å². The second-order valence-corrected chi connectivity index (χ2v) is 7.56. The van der Waals surface area contributed by atoms with Crippen LogP contribution in [0.1, 0.15) is 33.6 Å². The van der Waals surface area contributed by atoms with Crippen molar-refractivity contribution >= 4 is 16.8 Å². The largest absolute Gasteiger partial charge is 0.491 e. The molecule has 1 aliphatic heterocycles. The fraction of sp³-hybridized carbons (Fsp3) is 0.174. The van der Waals surface area contributed by atoms with E-state index in [-0.39, 0.29) is 12.5 Å². The molecule has 9 heteroatoms. The molecule has 3 heterocycles. The summed E-state index contributed by atoms with van der Waals surface area (Å²) in [6.45, 7) is 0.263. The van der Waals surface area contributed by atoms with E-state index in [0.717, 1.165) is 17.5 Å². The maximum Gasteiger partial charge on any atom is 0.416 e. The standard InChI is InChI=1S/C23H17F3N4O2/c24-23(25,26)17-7-5-16(6-8-17)22(9-11-32-19-2-1-10-27-20(19)22)29-21(31)14-3-4-15-13-28-30-18(15)12-14/h1-8,10,12-13H,9,11H2,(H,28,30)(H,29,31)/t22-/m0/s1. The number of fused-ring (bicyclic) bond motifs is 2. The van der Waals surface area contributed by atoms with Crippen LogP contribution in [0.5, 0.6) is 5.75 Å². The van der Waals surface area contributed by atoms with Gasteiger partial charge in [-0.3, -0.25) is 14.9 Å². The Morgan fingerprint density at radius 3 is 2.72 bits per heavy atom. The second-order valence-electron chi connectivity index (χ2n) is 7.56. The molecule has 6 nitrogen and oxygen atoms in total. The zero-order valence-electron chi connectivity index (χ0n) is 16.6. The number of pyridine rings is 1. The van der Waals surface area contributed by atoms with Crippen molar-refractivity contribution in [3.63, 3.8) is 0 Å². The SMILES string of the molecule is O=C(N[C@]1(c2ccc(C(F)(F)F)cc2)CCOc2cccnc21)c1ccc2cn[nH]c2c1. The predicted octanol–water partition coefficient (Wildman–Crippen LogP) is 4.43. The lowest BCUT2D eigenvalue weighted by Gasteiger charge is -2.39. The number of hydrogen-bond donors (Lipinski definition) is 2. The molecule has 162 valence electrons. The molecule has 2 aromatic carbocycles. The Hall–Kier alpha value is -3.88. The fourth-order valence-electron chi connectivity index (χ4n) is 4.02. The number of aromatic nitrogens is 3. The molecule has 1 amide bonds. The average Bonchev–Trinajstić information content (AvgIpc) is 3.27. The Bertz CT molecular complexity index is 1300. The highest BCUT2D eigenvalue weighted by Gasteiger charge is 2.43. The van der Waals surface area contributed by atoms with Crippen molar-refractivity contribution in [2.45, 2.75) is 18.1 Å². The molecule has 5 rings (SSSR count). The summed E-state index contributed by atoms with van der Waals surface area (Å²) in [5, 5.41) is 10.7. The summed E-state index contributed by atoms with van der Waals surface area (Å²) in [4.78, 5) is 17.7. The van der Waals surface area contributed by atoms with Crippen LogP contribution in [0.25, 0.3) is 10.9 Å². The summed E-state index contributed by atoms with van der Waals surface area (Å²) >= 11 is 0. The van der Waals surface area contributed by atoms with Gasteiger partial charge in [0.2, 0.25) is 0 Å². The first-order chi connectivity index (χ1) is 15.4. The molecule has 1 aliphatic rings. The van der Waals surface area contributed by atoms with Gasteiger partial charge in [0.25, 0.3) is 5.91 Å². The highest BCUT2D eigenvalue weighted by Crippen LogP contribution is 2.41. The van der Waals surface area contributed by atoms with Crippen LogP contribution in [0.15, 0.2) is 67.0 Å². The molecule has 32 heavy (non-hydrogen) atoms. The highest BCUT2D eigenvalue weighted by molar-refractivity contribution is 5.98. The fourth-order valence-corrected chi connectivity index (χ4v) is 4.02. The molecule has 0 saturated carbocycles. The summed E-state index contributed by atoms with van der Waals surface area (Å²) in [5.41, 5.74) is 0.107. The van der Waals surface area contributed by atoms with Gasteiger partial charge in [0, 0.05) is 23.6 Å². The molecular weight excluding hydrogens is 421 g/mol. The van der Waals surface area contributed by atoms with Crippen LogP contribution < -0.4 is 10.1 Å². The number of hydrogen-bond acceptors (Lipinski definition) is 4. The third kappa shape index (κ3) is 3.35. The first kappa shape index (κ1) is 20.0. The summed E-state index contributed by atoms with van der Waals surface area (Å²) in [7, 11) is 0. The number of alkyl halides is 3. The predicted molar refractivity (Wildman–Crippen MR) is 110 cm³/mol. The second kappa shape index (κ2) is 7.37. The lowest BCUT2D eigenvalue weighted by atomic mass is 9.80. The van der Waals surface area contributed by atoms with Gasteiger partial charge in [-0.2, -0.15) is 18.3 Å². The van der Waals surface area contributed by atoms with E-state index >= 15 is 0 Å². The van der Waals surface area contributed by atoms with Gasteiger partial charge in [0.15, 0.2) is 0 Å². The van der Waals surface area contributed by atoms with Gasteiger partial charge in [0.1, 0.15) is 17.0 Å². The number of carbonyl (C=O) groups is 1. The van der Waals surface area contributed by atoms with E-state index < -0.39 is 17.3 Å². The first-order valence-electron chi connectivity index (χ1n) is 9.88. The molecule has 2 aromatic heterocycles. The first-order valence-corrected chi connectivity index (χ1v) is 9.88. The van der Waals surface area contributed by atoms with Crippen molar-refractivity contribution in [1.29, 1.82) is 0 Å². The number of rotatable bonds is 3. The molecule has 2 N–H and O–H groups in total. The number of nitrogens with one attached hydrogen (secondary N) is 2. The number of nitrogens with zero attached hydrogens (tertiary/aromatic N) is 2. The van der Waals surface area contributed by atoms with Crippen LogP contribution >= 0.6 is 0 Å². The molecule has 1 atom stereocenters. The van der Waals surface area contributed by atoms with Crippen molar-refractivity contribution in [2.75, 3.05) is 6.61 Å². The molecule has 0 aliphatic carbocycles. The maximum absolute atomic E-state index is 13.3. The van der Waals surface area contributed by atoms with Gasteiger partial charge in [-0.25, -0.2) is 0 Å². The molecule has 4 aromatic rings. The van der Waals surface area contributed by atoms with Crippen LogP contribution in [0.3, 0.4) is 0 Å². The number of halogens is 3. The van der Waals surface area contributed by atoms with Gasteiger partial charge in [0.05, 0.1) is 23.9 Å². The minimum Gasteiger partial charge on any atom is -0.491 e. The zero-order chi connectivity index (χ0) is 22.3. The molecular formula is C23H17F3N4O2. The molecule has 0 radical (unpaired) electrons. The molecule has 0 unspecified atom stereocenters. The zero-order valence-corrected chi connectivity index (χ0v) is 16.6. The van der Waals surface area contributed by atoms with E-state index in [2.05, 4.69) is 20.5 Å². The van der Waals surface area contributed by atoms with Crippen molar-refractivity contribution in [1.82, 2.24) is 20.5 Å². The van der Waals surface area contributed by atoms with Crippen LogP contribution in [0, 0.1) is 0 Å². The number of benzene rings is 2. The van der Waals surface area contributed by atoms with Gasteiger partial charge < -0.3 is 10.1 Å². The lowest BCUT2D eigenvalue weighted by molar-refractivity contribution is -0.137. The Morgan fingerprint density at radius 2 is 1.94 bits per heavy atom. The average molecular weight is 438 g/mol. The van der Waals surface area contributed by atoms with Crippen molar-refractivity contribution in [2.24, 2.45) is 0 Å². The third-order valence-corrected chi connectivity index (χ3v) is 5.65. The molecule has 0 spiro atoms. The van der Waals surface area contributed by atoms with Crippen LogP contribution in [-0.4, -0.2) is 27.7 Å². The number of H-pyrrole nitrogens is 1. The number of ether oxygens (including phenoxy) is 1. The quantitative estimate of drug-likeness (QED) is 0.496. The van der Waals surface area contributed by atoms with Crippen LogP contribution in [0.4, 0.5) is 13.2 Å². The van der Waals surface area contributed by atoms with Gasteiger partial charge >= 0.3 is 6.18 Å². The highest BCUT2D eigenvalue weighted by atomic mass is 19.4. The van der Waals surface area contributed by atoms with E-state index in [1.54, 1.807) is 42.7 Å². The molecule has 0 fully saturated rings. The summed E-state index contributed by atoms with van der Waals surface area (Å²) in [5.74, 6) is 0.0860. The summed E-state index contributed by atoms with van der Waals surface area (Å²) in [6.07, 6.45) is -0.935. The minimum atomic E-state index is -4.46. The lowest BCUT2D eigenvalue weighted by Crippen LogP contribution is -2.50. The summed E-state index contributed by atoms with van der Waals surface area (Å²) in [6, 6.07) is 13.3. The smallest absolute Gasteiger partial charge is 0.416 e. The van der Waals surface area contributed by atoms with E-state index in [1.807, 2.05) is 0 Å². The van der Waals surface area contributed by atoms with Crippen molar-refractivity contribution in [3.8, 4) is 5.75 Å². The van der Waals surface area contributed by atoms with Crippen LogP contribution in [-0.2, 0) is 11.7 Å². The Balaban J connectivity index is 1.60. The van der Waals surface area contributed by atoms with Crippen molar-refractivity contribution < 1.29 is 22.7 Å². The summed E-state index contributed by atoms with van der Waals surface area (Å²) < 4.78 is 45.1. The van der Waals surface area contributed by atoms with E-state index in [0.29, 0.717) is 34.5 Å². The minimum absolute atomic E-state index is 0.263. The topological polar surface area (TPSA) is 79.9 Å². The number of amides is 1. The maximum atomic E-state index is 13.3. The third-order valence-electron chi connectivity index (χ3n) is 5.65.